The van der Waals surface area contributed by atoms with Crippen LogP contribution in [-0.4, -0.2) is 42.1 Å². The SMILES string of the molecule is CC(C)n1cc(Br)cc1C(=O)N(C)CC1CCNCC1. The smallest absolute Gasteiger partial charge is 0.270 e. The number of amides is 1. The second kappa shape index (κ2) is 6.76. The minimum absolute atomic E-state index is 0.114. The quantitative estimate of drug-likeness (QED) is 0.914. The van der Waals surface area contributed by atoms with Gasteiger partial charge in [0.25, 0.3) is 5.91 Å². The van der Waals surface area contributed by atoms with Crippen molar-refractivity contribution in [2.45, 2.75) is 32.7 Å². The summed E-state index contributed by atoms with van der Waals surface area (Å²) in [5, 5.41) is 3.36. The molecule has 0 radical (unpaired) electrons. The van der Waals surface area contributed by atoms with Crippen LogP contribution in [0.1, 0.15) is 43.2 Å². The molecule has 5 heteroatoms. The molecule has 1 aliphatic rings. The third-order valence-electron chi connectivity index (χ3n) is 3.93. The first kappa shape index (κ1) is 15.6. The lowest BCUT2D eigenvalue weighted by molar-refractivity contribution is 0.0750. The lowest BCUT2D eigenvalue weighted by Crippen LogP contribution is -2.37. The zero-order valence-electron chi connectivity index (χ0n) is 12.5. The molecule has 1 fully saturated rings. The first-order valence-corrected chi connectivity index (χ1v) is 8.12. The fraction of sp³-hybridized carbons (Fsp3) is 0.667. The first-order chi connectivity index (χ1) is 9.49. The third kappa shape index (κ3) is 3.64. The molecule has 20 heavy (non-hydrogen) atoms. The summed E-state index contributed by atoms with van der Waals surface area (Å²) in [6.07, 6.45) is 4.30. The van der Waals surface area contributed by atoms with Gasteiger partial charge in [0, 0.05) is 30.3 Å². The van der Waals surface area contributed by atoms with E-state index in [9.17, 15) is 4.79 Å². The Bertz CT molecular complexity index is 464. The van der Waals surface area contributed by atoms with Crippen LogP contribution < -0.4 is 5.32 Å². The van der Waals surface area contributed by atoms with Crippen LogP contribution in [-0.2, 0) is 0 Å². The minimum atomic E-state index is 0.114. The molecule has 0 aliphatic carbocycles. The summed E-state index contributed by atoms with van der Waals surface area (Å²) in [4.78, 5) is 14.5. The standard InChI is InChI=1S/C15H24BrN3O/c1-11(2)19-10-13(16)8-14(19)15(20)18(3)9-12-4-6-17-7-5-12/h8,10-12,17H,4-7,9H2,1-3H3. The van der Waals surface area contributed by atoms with Crippen molar-refractivity contribution < 1.29 is 4.79 Å². The lowest BCUT2D eigenvalue weighted by Gasteiger charge is -2.28. The normalized spacial score (nSPS) is 16.6. The van der Waals surface area contributed by atoms with Crippen molar-refractivity contribution in [2.24, 2.45) is 5.92 Å². The summed E-state index contributed by atoms with van der Waals surface area (Å²) < 4.78 is 3.00. The van der Waals surface area contributed by atoms with Gasteiger partial charge in [-0.25, -0.2) is 0 Å². The van der Waals surface area contributed by atoms with E-state index < -0.39 is 0 Å². The monoisotopic (exact) mass is 341 g/mol. The Kier molecular flexibility index (Phi) is 5.27. The maximum absolute atomic E-state index is 12.6. The summed E-state index contributed by atoms with van der Waals surface area (Å²) >= 11 is 3.47. The number of carbonyl (C=O) groups is 1. The molecule has 1 saturated heterocycles. The summed E-state index contributed by atoms with van der Waals surface area (Å²) in [7, 11) is 1.91. The summed E-state index contributed by atoms with van der Waals surface area (Å²) in [5.74, 6) is 0.735. The van der Waals surface area contributed by atoms with Crippen LogP contribution in [0.2, 0.25) is 0 Å². The molecule has 1 aromatic rings. The topological polar surface area (TPSA) is 37.3 Å². The highest BCUT2D eigenvalue weighted by Crippen LogP contribution is 2.21. The number of carbonyl (C=O) groups excluding carboxylic acids is 1. The number of rotatable bonds is 4. The Labute approximate surface area is 129 Å². The Morgan fingerprint density at radius 2 is 2.15 bits per heavy atom. The Morgan fingerprint density at radius 3 is 2.75 bits per heavy atom. The van der Waals surface area contributed by atoms with Crippen molar-refractivity contribution in [2.75, 3.05) is 26.7 Å². The maximum Gasteiger partial charge on any atom is 0.270 e. The van der Waals surface area contributed by atoms with E-state index in [0.717, 1.165) is 42.6 Å². The van der Waals surface area contributed by atoms with Gasteiger partial charge in [0.15, 0.2) is 0 Å². The number of piperidine rings is 1. The van der Waals surface area contributed by atoms with Crippen LogP contribution in [0.3, 0.4) is 0 Å². The van der Waals surface area contributed by atoms with E-state index in [-0.39, 0.29) is 11.9 Å². The Balaban J connectivity index is 2.06. The zero-order valence-corrected chi connectivity index (χ0v) is 14.1. The molecule has 0 spiro atoms. The van der Waals surface area contributed by atoms with Crippen LogP contribution in [0.25, 0.3) is 0 Å². The van der Waals surface area contributed by atoms with Gasteiger partial charge in [-0.2, -0.15) is 0 Å². The van der Waals surface area contributed by atoms with Crippen molar-refractivity contribution in [1.29, 1.82) is 0 Å². The first-order valence-electron chi connectivity index (χ1n) is 7.32. The van der Waals surface area contributed by atoms with E-state index in [1.165, 1.54) is 0 Å². The summed E-state index contributed by atoms with van der Waals surface area (Å²) in [6.45, 7) is 7.18. The van der Waals surface area contributed by atoms with Gasteiger partial charge in [0.1, 0.15) is 5.69 Å². The number of aromatic nitrogens is 1. The average Bonchev–Trinajstić information content (AvgIpc) is 2.81. The molecule has 1 N–H and O–H groups in total. The molecular formula is C15H24BrN3O. The predicted molar refractivity (Wildman–Crippen MR) is 85.1 cm³/mol. The molecule has 0 atom stereocenters. The molecule has 0 saturated carbocycles. The molecule has 112 valence electrons. The van der Waals surface area contributed by atoms with Crippen molar-refractivity contribution >= 4 is 21.8 Å². The average molecular weight is 342 g/mol. The van der Waals surface area contributed by atoms with Crippen molar-refractivity contribution in [3.8, 4) is 0 Å². The van der Waals surface area contributed by atoms with Crippen LogP contribution in [0, 0.1) is 5.92 Å². The van der Waals surface area contributed by atoms with Gasteiger partial charge in [-0.1, -0.05) is 0 Å². The molecule has 0 aromatic carbocycles. The van der Waals surface area contributed by atoms with E-state index in [4.69, 9.17) is 0 Å². The molecule has 1 aliphatic heterocycles. The van der Waals surface area contributed by atoms with Gasteiger partial charge in [-0.05, 0) is 67.7 Å². The molecule has 0 bridgehead atoms. The Hall–Kier alpha value is -0.810. The minimum Gasteiger partial charge on any atom is -0.340 e. The molecule has 1 amide bonds. The maximum atomic E-state index is 12.6. The van der Waals surface area contributed by atoms with Crippen LogP contribution in [0.4, 0.5) is 0 Å². The van der Waals surface area contributed by atoms with Crippen molar-refractivity contribution in [3.05, 3.63) is 22.4 Å². The van der Waals surface area contributed by atoms with Crippen molar-refractivity contribution in [3.63, 3.8) is 0 Å². The van der Waals surface area contributed by atoms with Crippen molar-refractivity contribution in [1.82, 2.24) is 14.8 Å². The molecule has 1 aromatic heterocycles. The molecule has 2 heterocycles. The lowest BCUT2D eigenvalue weighted by atomic mass is 9.97. The highest BCUT2D eigenvalue weighted by atomic mass is 79.9. The second-order valence-electron chi connectivity index (χ2n) is 5.92. The van der Waals surface area contributed by atoms with Gasteiger partial charge in [0.2, 0.25) is 0 Å². The molecule has 0 unspecified atom stereocenters. The van der Waals surface area contributed by atoms with E-state index in [1.807, 2.05) is 28.8 Å². The van der Waals surface area contributed by atoms with Gasteiger partial charge in [-0.15, -0.1) is 0 Å². The second-order valence-corrected chi connectivity index (χ2v) is 6.84. The number of hydrogen-bond acceptors (Lipinski definition) is 2. The van der Waals surface area contributed by atoms with E-state index in [0.29, 0.717) is 5.92 Å². The number of nitrogens with zero attached hydrogens (tertiary/aromatic N) is 2. The number of hydrogen-bond donors (Lipinski definition) is 1. The number of nitrogens with one attached hydrogen (secondary N) is 1. The summed E-state index contributed by atoms with van der Waals surface area (Å²) in [5.41, 5.74) is 0.767. The van der Waals surface area contributed by atoms with Gasteiger partial charge >= 0.3 is 0 Å². The largest absolute Gasteiger partial charge is 0.340 e. The molecule has 2 rings (SSSR count). The highest BCUT2D eigenvalue weighted by Gasteiger charge is 2.22. The molecule has 4 nitrogen and oxygen atoms in total. The van der Waals surface area contributed by atoms with Gasteiger partial charge in [0.05, 0.1) is 0 Å². The summed E-state index contributed by atoms with van der Waals surface area (Å²) in [6, 6.07) is 2.20. The van der Waals surface area contributed by atoms with Gasteiger partial charge < -0.3 is 14.8 Å². The van der Waals surface area contributed by atoms with Gasteiger partial charge in [-0.3, -0.25) is 4.79 Å². The Morgan fingerprint density at radius 1 is 1.50 bits per heavy atom. The van der Waals surface area contributed by atoms with E-state index >= 15 is 0 Å². The van der Waals surface area contributed by atoms with E-state index in [2.05, 4.69) is 35.1 Å². The van der Waals surface area contributed by atoms with Crippen LogP contribution >= 0.6 is 15.9 Å². The number of halogens is 1. The fourth-order valence-electron chi connectivity index (χ4n) is 2.77. The van der Waals surface area contributed by atoms with Crippen LogP contribution in [0.5, 0.6) is 0 Å². The predicted octanol–water partition coefficient (Wildman–Crippen LogP) is 2.90. The third-order valence-corrected chi connectivity index (χ3v) is 4.36. The molecular weight excluding hydrogens is 318 g/mol. The highest BCUT2D eigenvalue weighted by molar-refractivity contribution is 9.10. The van der Waals surface area contributed by atoms with Crippen LogP contribution in [0.15, 0.2) is 16.7 Å². The van der Waals surface area contributed by atoms with E-state index in [1.54, 1.807) is 0 Å². The fourth-order valence-corrected chi connectivity index (χ4v) is 3.21. The zero-order chi connectivity index (χ0) is 14.7.